The number of nitrogens with one attached hydrogen (secondary N) is 1. The zero-order chi connectivity index (χ0) is 15.6. The lowest BCUT2D eigenvalue weighted by Gasteiger charge is -2.35. The third-order valence-electron chi connectivity index (χ3n) is 3.43. The number of carbonyl (C=O) groups excluding carboxylic acids is 1. The van der Waals surface area contributed by atoms with Crippen molar-refractivity contribution in [3.05, 3.63) is 22.7 Å². The summed E-state index contributed by atoms with van der Waals surface area (Å²) in [4.78, 5) is 14.1. The van der Waals surface area contributed by atoms with Crippen LogP contribution in [0.5, 0.6) is 5.75 Å². The van der Waals surface area contributed by atoms with E-state index >= 15 is 0 Å². The Hall–Kier alpha value is -1.46. The molecule has 1 heterocycles. The average molecular weight is 313 g/mol. The first-order chi connectivity index (χ1) is 9.90. The summed E-state index contributed by atoms with van der Waals surface area (Å²) in [7, 11) is 1.55. The Bertz CT molecular complexity index is 526. The molecular weight excluding hydrogens is 292 g/mol. The van der Waals surface area contributed by atoms with Gasteiger partial charge in [-0.3, -0.25) is 0 Å². The van der Waals surface area contributed by atoms with Crippen molar-refractivity contribution in [3.63, 3.8) is 0 Å². The Morgan fingerprint density at radius 3 is 2.57 bits per heavy atom. The Kier molecular flexibility index (Phi) is 4.96. The molecule has 116 valence electrons. The molecule has 0 aromatic heterocycles. The van der Waals surface area contributed by atoms with Crippen LogP contribution in [0.1, 0.15) is 19.4 Å². The molecule has 1 aromatic carbocycles. The maximum absolute atomic E-state index is 12.4. The molecule has 21 heavy (non-hydrogen) atoms. The van der Waals surface area contributed by atoms with E-state index in [4.69, 9.17) is 21.1 Å². The maximum atomic E-state index is 12.4. The van der Waals surface area contributed by atoms with Gasteiger partial charge in [-0.25, -0.2) is 4.79 Å². The van der Waals surface area contributed by atoms with Crippen molar-refractivity contribution in [1.82, 2.24) is 4.90 Å². The van der Waals surface area contributed by atoms with E-state index in [1.165, 1.54) is 0 Å². The van der Waals surface area contributed by atoms with E-state index in [9.17, 15) is 4.79 Å². The van der Waals surface area contributed by atoms with Gasteiger partial charge in [-0.05, 0) is 32.4 Å². The van der Waals surface area contributed by atoms with Crippen molar-refractivity contribution in [3.8, 4) is 5.75 Å². The molecule has 0 spiro atoms. The number of methoxy groups -OCH3 is 1. The molecule has 0 radical (unpaired) electrons. The molecule has 1 aliphatic heterocycles. The quantitative estimate of drug-likeness (QED) is 0.911. The molecule has 1 fully saturated rings. The lowest BCUT2D eigenvalue weighted by Crippen LogP contribution is -2.49. The third kappa shape index (κ3) is 3.80. The summed E-state index contributed by atoms with van der Waals surface area (Å²) >= 11 is 6.07. The summed E-state index contributed by atoms with van der Waals surface area (Å²) in [6.07, 6.45) is 0.0710. The van der Waals surface area contributed by atoms with E-state index in [-0.39, 0.29) is 18.2 Å². The number of hydrogen-bond acceptors (Lipinski definition) is 3. The second-order valence-corrected chi connectivity index (χ2v) is 5.80. The summed E-state index contributed by atoms with van der Waals surface area (Å²) in [5.41, 5.74) is 1.51. The van der Waals surface area contributed by atoms with Gasteiger partial charge in [0.05, 0.1) is 25.0 Å². The number of anilines is 1. The fraction of sp³-hybridized carbons (Fsp3) is 0.533. The first-order valence-corrected chi connectivity index (χ1v) is 7.34. The normalized spacial score (nSPS) is 22.0. The number of rotatable bonds is 2. The summed E-state index contributed by atoms with van der Waals surface area (Å²) in [6, 6.07) is 3.36. The minimum absolute atomic E-state index is 0.0355. The number of carbonyl (C=O) groups is 1. The van der Waals surface area contributed by atoms with Gasteiger partial charge in [-0.15, -0.1) is 0 Å². The van der Waals surface area contributed by atoms with Crippen LogP contribution in [0.25, 0.3) is 0 Å². The predicted octanol–water partition coefficient (Wildman–Crippen LogP) is 3.30. The lowest BCUT2D eigenvalue weighted by molar-refractivity contribution is -0.0530. The van der Waals surface area contributed by atoms with Crippen LogP contribution in [0, 0.1) is 6.92 Å². The molecule has 1 aromatic rings. The Balaban J connectivity index is 2.14. The van der Waals surface area contributed by atoms with Crippen LogP contribution >= 0.6 is 11.6 Å². The second kappa shape index (κ2) is 6.54. The summed E-state index contributed by atoms with van der Waals surface area (Å²) < 4.78 is 10.9. The van der Waals surface area contributed by atoms with Crippen LogP contribution in [0.15, 0.2) is 12.1 Å². The molecule has 1 aliphatic rings. The van der Waals surface area contributed by atoms with Crippen LogP contribution in [0.4, 0.5) is 10.5 Å². The molecule has 0 aliphatic carbocycles. The zero-order valence-corrected chi connectivity index (χ0v) is 13.5. The Morgan fingerprint density at radius 2 is 2.00 bits per heavy atom. The highest BCUT2D eigenvalue weighted by atomic mass is 35.5. The number of urea groups is 1. The standard InChI is InChI=1S/C15H21ClN2O3/c1-9-5-13(14(20-4)6-12(9)16)17-15(19)18-7-10(2)21-11(3)8-18/h5-6,10-11H,7-8H2,1-4H3,(H,17,19). The molecule has 6 heteroatoms. The third-order valence-corrected chi connectivity index (χ3v) is 3.84. The molecule has 2 unspecified atom stereocenters. The van der Waals surface area contributed by atoms with E-state index in [1.807, 2.05) is 26.8 Å². The molecule has 0 bridgehead atoms. The number of nitrogens with zero attached hydrogens (tertiary/aromatic N) is 1. The number of halogens is 1. The summed E-state index contributed by atoms with van der Waals surface area (Å²) in [5, 5.41) is 3.50. The lowest BCUT2D eigenvalue weighted by atomic mass is 10.2. The highest BCUT2D eigenvalue weighted by molar-refractivity contribution is 6.31. The fourth-order valence-corrected chi connectivity index (χ4v) is 2.62. The fourth-order valence-electron chi connectivity index (χ4n) is 2.47. The van der Waals surface area contributed by atoms with Gasteiger partial charge in [0.15, 0.2) is 0 Å². The van der Waals surface area contributed by atoms with E-state index in [0.717, 1.165) is 5.56 Å². The molecular formula is C15H21ClN2O3. The number of aryl methyl sites for hydroxylation is 1. The van der Waals surface area contributed by atoms with Crippen molar-refractivity contribution in [1.29, 1.82) is 0 Å². The zero-order valence-electron chi connectivity index (χ0n) is 12.8. The van der Waals surface area contributed by atoms with Crippen LogP contribution in [-0.4, -0.2) is 43.3 Å². The second-order valence-electron chi connectivity index (χ2n) is 5.39. The maximum Gasteiger partial charge on any atom is 0.322 e. The van der Waals surface area contributed by atoms with Gasteiger partial charge in [0.25, 0.3) is 0 Å². The Morgan fingerprint density at radius 1 is 1.38 bits per heavy atom. The topological polar surface area (TPSA) is 50.8 Å². The monoisotopic (exact) mass is 312 g/mol. The smallest absolute Gasteiger partial charge is 0.322 e. The first kappa shape index (κ1) is 15.9. The van der Waals surface area contributed by atoms with E-state index in [0.29, 0.717) is 29.5 Å². The van der Waals surface area contributed by atoms with Crippen molar-refractivity contribution < 1.29 is 14.3 Å². The van der Waals surface area contributed by atoms with Crippen LogP contribution in [0.2, 0.25) is 5.02 Å². The molecule has 2 atom stereocenters. The Labute approximate surface area is 130 Å². The van der Waals surface area contributed by atoms with Gasteiger partial charge in [-0.2, -0.15) is 0 Å². The van der Waals surface area contributed by atoms with Crippen LogP contribution in [0.3, 0.4) is 0 Å². The summed E-state index contributed by atoms with van der Waals surface area (Å²) in [6.45, 7) is 6.96. The van der Waals surface area contributed by atoms with Crippen LogP contribution < -0.4 is 10.1 Å². The average Bonchev–Trinajstić information content (AvgIpc) is 2.41. The minimum Gasteiger partial charge on any atom is -0.495 e. The van der Waals surface area contributed by atoms with Crippen molar-refractivity contribution in [2.75, 3.05) is 25.5 Å². The summed E-state index contributed by atoms with van der Waals surface area (Å²) in [5.74, 6) is 0.549. The predicted molar refractivity (Wildman–Crippen MR) is 83.3 cm³/mol. The molecule has 0 saturated carbocycles. The van der Waals surface area contributed by atoms with Gasteiger partial charge in [0, 0.05) is 24.2 Å². The number of ether oxygens (including phenoxy) is 2. The van der Waals surface area contributed by atoms with Crippen molar-refractivity contribution >= 4 is 23.3 Å². The van der Waals surface area contributed by atoms with Crippen molar-refractivity contribution in [2.24, 2.45) is 0 Å². The number of amides is 2. The SMILES string of the molecule is COc1cc(Cl)c(C)cc1NC(=O)N1CC(C)OC(C)C1. The molecule has 2 amide bonds. The highest BCUT2D eigenvalue weighted by Crippen LogP contribution is 2.31. The van der Waals surface area contributed by atoms with E-state index in [2.05, 4.69) is 5.32 Å². The van der Waals surface area contributed by atoms with Gasteiger partial charge < -0.3 is 19.7 Å². The van der Waals surface area contributed by atoms with E-state index in [1.54, 1.807) is 18.1 Å². The highest BCUT2D eigenvalue weighted by Gasteiger charge is 2.26. The van der Waals surface area contributed by atoms with Gasteiger partial charge >= 0.3 is 6.03 Å². The molecule has 1 N–H and O–H groups in total. The minimum atomic E-state index is -0.156. The number of hydrogen-bond donors (Lipinski definition) is 1. The van der Waals surface area contributed by atoms with Crippen LogP contribution in [-0.2, 0) is 4.74 Å². The van der Waals surface area contributed by atoms with Gasteiger partial charge in [0.2, 0.25) is 0 Å². The molecule has 1 saturated heterocycles. The molecule has 5 nitrogen and oxygen atoms in total. The van der Waals surface area contributed by atoms with Crippen molar-refractivity contribution in [2.45, 2.75) is 33.0 Å². The van der Waals surface area contributed by atoms with E-state index < -0.39 is 0 Å². The molecule has 2 rings (SSSR count). The number of benzene rings is 1. The van der Waals surface area contributed by atoms with Gasteiger partial charge in [0.1, 0.15) is 5.75 Å². The largest absolute Gasteiger partial charge is 0.495 e. The first-order valence-electron chi connectivity index (χ1n) is 6.96. The number of morpholine rings is 1. The van der Waals surface area contributed by atoms with Gasteiger partial charge in [-0.1, -0.05) is 11.6 Å².